The first-order chi connectivity index (χ1) is 6.36. The highest BCUT2D eigenvalue weighted by molar-refractivity contribution is 5.55. The molecule has 0 aromatic carbocycles. The summed E-state index contributed by atoms with van der Waals surface area (Å²) in [4.78, 5) is 0. The van der Waals surface area contributed by atoms with Crippen molar-refractivity contribution in [2.75, 3.05) is 0 Å². The average Bonchev–Trinajstić information content (AvgIpc) is 2.36. The van der Waals surface area contributed by atoms with E-state index in [-0.39, 0.29) is 0 Å². The van der Waals surface area contributed by atoms with Gasteiger partial charge in [0.15, 0.2) is 0 Å². The molecule has 0 fully saturated rings. The molecule has 13 heavy (non-hydrogen) atoms. The zero-order valence-corrected chi connectivity index (χ0v) is 8.50. The van der Waals surface area contributed by atoms with Crippen LogP contribution in [0.4, 0.5) is 0 Å². The first-order valence-corrected chi connectivity index (χ1v) is 4.79. The third kappa shape index (κ3) is 2.35. The number of hydrogen-bond donors (Lipinski definition) is 0. The second-order valence-electron chi connectivity index (χ2n) is 2.73. The molecule has 70 valence electrons. The Morgan fingerprint density at radius 1 is 1.23 bits per heavy atom. The minimum Gasteiger partial charge on any atom is -0.465 e. The van der Waals surface area contributed by atoms with Crippen LogP contribution in [0.25, 0.3) is 6.08 Å². The number of fused-ring (bicyclic) bond motifs is 1. The molecular weight excluding hydrogens is 160 g/mol. The molecule has 1 aromatic rings. The van der Waals surface area contributed by atoms with Crippen molar-refractivity contribution in [1.29, 1.82) is 0 Å². The Morgan fingerprint density at radius 2 is 2.00 bits per heavy atom. The maximum atomic E-state index is 5.48. The van der Waals surface area contributed by atoms with Gasteiger partial charge in [-0.05, 0) is 13.0 Å². The summed E-state index contributed by atoms with van der Waals surface area (Å²) in [5.74, 6) is 2.07. The Morgan fingerprint density at radius 3 is 2.77 bits per heavy atom. The molecule has 0 saturated heterocycles. The summed E-state index contributed by atoms with van der Waals surface area (Å²) >= 11 is 0. The van der Waals surface area contributed by atoms with E-state index in [4.69, 9.17) is 4.42 Å². The molecular formula is C12H16O. The van der Waals surface area contributed by atoms with Gasteiger partial charge in [-0.1, -0.05) is 38.2 Å². The molecule has 1 aromatic heterocycles. The molecule has 1 aliphatic rings. The largest absolute Gasteiger partial charge is 0.465 e. The van der Waals surface area contributed by atoms with Gasteiger partial charge in [0.05, 0.1) is 0 Å². The van der Waals surface area contributed by atoms with Crippen molar-refractivity contribution >= 4 is 6.08 Å². The molecule has 0 spiro atoms. The third-order valence-corrected chi connectivity index (χ3v) is 1.79. The molecule has 1 heteroatoms. The maximum Gasteiger partial charge on any atom is 0.115 e. The summed E-state index contributed by atoms with van der Waals surface area (Å²) in [7, 11) is 0. The highest BCUT2D eigenvalue weighted by Gasteiger charge is 2.05. The van der Waals surface area contributed by atoms with Gasteiger partial charge in [0.25, 0.3) is 0 Å². The number of aryl methyl sites for hydroxylation is 1. The van der Waals surface area contributed by atoms with Crippen molar-refractivity contribution in [2.24, 2.45) is 0 Å². The van der Waals surface area contributed by atoms with E-state index >= 15 is 0 Å². The summed E-state index contributed by atoms with van der Waals surface area (Å²) in [5, 5.41) is 0. The Bertz CT molecular complexity index is 316. The highest BCUT2D eigenvalue weighted by Crippen LogP contribution is 2.19. The Kier molecular flexibility index (Phi) is 3.56. The van der Waals surface area contributed by atoms with Crippen molar-refractivity contribution in [1.82, 2.24) is 0 Å². The molecule has 0 radical (unpaired) electrons. The van der Waals surface area contributed by atoms with Gasteiger partial charge in [-0.3, -0.25) is 0 Å². The van der Waals surface area contributed by atoms with Crippen molar-refractivity contribution in [3.05, 3.63) is 41.4 Å². The van der Waals surface area contributed by atoms with E-state index in [0.29, 0.717) is 0 Å². The smallest absolute Gasteiger partial charge is 0.115 e. The average molecular weight is 176 g/mol. The van der Waals surface area contributed by atoms with Crippen LogP contribution in [0.1, 0.15) is 30.9 Å². The normalized spacial score (nSPS) is 12.8. The van der Waals surface area contributed by atoms with Gasteiger partial charge in [0, 0.05) is 12.0 Å². The van der Waals surface area contributed by atoms with Gasteiger partial charge >= 0.3 is 0 Å². The Labute approximate surface area is 79.8 Å². The first-order valence-electron chi connectivity index (χ1n) is 4.79. The van der Waals surface area contributed by atoms with Gasteiger partial charge in [0.2, 0.25) is 0 Å². The number of rotatable bonds is 0. The molecule has 0 unspecified atom stereocenters. The van der Waals surface area contributed by atoms with Crippen molar-refractivity contribution in [2.45, 2.75) is 27.2 Å². The van der Waals surface area contributed by atoms with Crippen LogP contribution >= 0.6 is 0 Å². The van der Waals surface area contributed by atoms with Crippen molar-refractivity contribution < 1.29 is 4.42 Å². The van der Waals surface area contributed by atoms with Gasteiger partial charge in [0.1, 0.15) is 11.5 Å². The summed E-state index contributed by atoms with van der Waals surface area (Å²) in [6.45, 7) is 5.98. The fraction of sp³-hybridized carbons (Fsp3) is 0.333. The summed E-state index contributed by atoms with van der Waals surface area (Å²) < 4.78 is 5.48. The summed E-state index contributed by atoms with van der Waals surface area (Å²) in [6.07, 6.45) is 9.18. The third-order valence-electron chi connectivity index (χ3n) is 1.79. The number of furan rings is 1. The fourth-order valence-corrected chi connectivity index (χ4v) is 1.30. The molecule has 2 rings (SSSR count). The molecule has 0 N–H and O–H groups in total. The molecule has 1 heterocycles. The lowest BCUT2D eigenvalue weighted by Crippen LogP contribution is -1.76. The highest BCUT2D eigenvalue weighted by atomic mass is 16.3. The standard InChI is InChI=1S/C10H10O.C2H6/c1-8-7-9-5-3-2-4-6-10(9)11-8;1-2/h2-5,7H,6H2,1H3;1-2H3. The molecule has 0 saturated carbocycles. The van der Waals surface area contributed by atoms with E-state index < -0.39 is 0 Å². The van der Waals surface area contributed by atoms with E-state index in [2.05, 4.69) is 18.2 Å². The Hall–Kier alpha value is -1.24. The number of hydrogen-bond acceptors (Lipinski definition) is 1. The minimum absolute atomic E-state index is 0.913. The summed E-state index contributed by atoms with van der Waals surface area (Å²) in [6, 6.07) is 2.07. The predicted octanol–water partition coefficient (Wildman–Crippen LogP) is 3.74. The zero-order valence-electron chi connectivity index (χ0n) is 8.50. The van der Waals surface area contributed by atoms with Gasteiger partial charge in [-0.2, -0.15) is 0 Å². The van der Waals surface area contributed by atoms with Gasteiger partial charge in [-0.25, -0.2) is 0 Å². The van der Waals surface area contributed by atoms with Crippen LogP contribution in [0, 0.1) is 6.92 Å². The van der Waals surface area contributed by atoms with Crippen LogP contribution < -0.4 is 0 Å². The van der Waals surface area contributed by atoms with E-state index in [1.54, 1.807) is 0 Å². The topological polar surface area (TPSA) is 13.1 Å². The first kappa shape index (κ1) is 9.85. The van der Waals surface area contributed by atoms with Crippen LogP contribution in [0.15, 0.2) is 28.7 Å². The van der Waals surface area contributed by atoms with E-state index in [1.165, 1.54) is 5.56 Å². The molecule has 1 nitrogen and oxygen atoms in total. The van der Waals surface area contributed by atoms with Gasteiger partial charge in [-0.15, -0.1) is 0 Å². The molecule has 0 atom stereocenters. The zero-order chi connectivity index (χ0) is 9.68. The van der Waals surface area contributed by atoms with Gasteiger partial charge < -0.3 is 4.42 Å². The second-order valence-corrected chi connectivity index (χ2v) is 2.73. The van der Waals surface area contributed by atoms with E-state index in [0.717, 1.165) is 17.9 Å². The summed E-state index contributed by atoms with van der Waals surface area (Å²) in [5.41, 5.74) is 1.22. The van der Waals surface area contributed by atoms with Crippen LogP contribution in [0.2, 0.25) is 0 Å². The van der Waals surface area contributed by atoms with E-state index in [1.807, 2.05) is 32.9 Å². The minimum atomic E-state index is 0.913. The van der Waals surface area contributed by atoms with Crippen LogP contribution in [-0.2, 0) is 6.42 Å². The molecule has 0 bridgehead atoms. The van der Waals surface area contributed by atoms with Crippen LogP contribution in [-0.4, -0.2) is 0 Å². The lowest BCUT2D eigenvalue weighted by molar-refractivity contribution is 0.494. The predicted molar refractivity (Wildman–Crippen MR) is 56.7 cm³/mol. The monoisotopic (exact) mass is 176 g/mol. The van der Waals surface area contributed by atoms with Crippen LogP contribution in [0.3, 0.4) is 0 Å². The van der Waals surface area contributed by atoms with Crippen molar-refractivity contribution in [3.63, 3.8) is 0 Å². The second kappa shape index (κ2) is 4.70. The van der Waals surface area contributed by atoms with Crippen molar-refractivity contribution in [3.8, 4) is 0 Å². The molecule has 0 aliphatic heterocycles. The van der Waals surface area contributed by atoms with E-state index in [9.17, 15) is 0 Å². The Balaban J connectivity index is 0.000000396. The molecule has 0 amide bonds. The van der Waals surface area contributed by atoms with Crippen LogP contribution in [0.5, 0.6) is 0 Å². The lowest BCUT2D eigenvalue weighted by Gasteiger charge is -1.88. The molecule has 1 aliphatic carbocycles. The quantitative estimate of drug-likeness (QED) is 0.587. The maximum absolute atomic E-state index is 5.48. The lowest BCUT2D eigenvalue weighted by atomic mass is 10.2. The fourth-order valence-electron chi connectivity index (χ4n) is 1.30. The SMILES string of the molecule is CC.Cc1cc2c(o1)CC=CC=C2. The number of allylic oxidation sites excluding steroid dienone is 3.